The van der Waals surface area contributed by atoms with E-state index in [-0.39, 0.29) is 12.5 Å². The Morgan fingerprint density at radius 1 is 0.720 bits per heavy atom. The number of carboxylic acids is 1. The standard InChI is InChI=1S/C34H38N2O14/c1-17(37)45-16-27-29(47-18(2)38)30(48-19(3)39)31(49-20(4)40)32(50-27)36-28(41)14-13-26(33(42)43)35-34(44)46-15-25-23-11-7-5-9-21(23)22-10-6-8-12-24(22)25/h5-12,25-27,29-32H,13-16H2,1-4H3,(H,35,44)(H,36,41)(H,42,43)/t26-,27+,29+,30-,31-,32+/m0/s1. The second-order valence-electron chi connectivity index (χ2n) is 11.6. The van der Waals surface area contributed by atoms with Crippen LogP contribution in [0.4, 0.5) is 4.79 Å². The average Bonchev–Trinajstić information content (AvgIpc) is 3.36. The number of carbonyl (C=O) groups is 7. The lowest BCUT2D eigenvalue weighted by molar-refractivity contribution is -0.257. The molecule has 2 aliphatic rings. The summed E-state index contributed by atoms with van der Waals surface area (Å²) in [6, 6.07) is 13.9. The molecule has 1 heterocycles. The molecule has 2 aromatic carbocycles. The molecule has 1 aliphatic carbocycles. The van der Waals surface area contributed by atoms with Crippen LogP contribution in [0.2, 0.25) is 0 Å². The highest BCUT2D eigenvalue weighted by atomic mass is 16.7. The van der Waals surface area contributed by atoms with Crippen LogP contribution in [0.3, 0.4) is 0 Å². The number of aliphatic carboxylic acids is 1. The van der Waals surface area contributed by atoms with Gasteiger partial charge in [-0.2, -0.15) is 0 Å². The van der Waals surface area contributed by atoms with E-state index in [0.717, 1.165) is 49.9 Å². The molecule has 0 spiro atoms. The summed E-state index contributed by atoms with van der Waals surface area (Å²) in [5.74, 6) is -5.77. The van der Waals surface area contributed by atoms with Crippen LogP contribution in [-0.4, -0.2) is 96.9 Å². The first-order valence-electron chi connectivity index (χ1n) is 15.7. The first kappa shape index (κ1) is 37.3. The van der Waals surface area contributed by atoms with Crippen molar-refractivity contribution in [3.63, 3.8) is 0 Å². The van der Waals surface area contributed by atoms with Gasteiger partial charge in [-0.05, 0) is 28.7 Å². The van der Waals surface area contributed by atoms with Gasteiger partial charge >= 0.3 is 35.9 Å². The molecule has 1 aliphatic heterocycles. The minimum Gasteiger partial charge on any atom is -0.480 e. The molecule has 2 amide bonds. The predicted molar refractivity (Wildman–Crippen MR) is 169 cm³/mol. The van der Waals surface area contributed by atoms with E-state index in [1.807, 2.05) is 48.5 Å². The normalized spacial score (nSPS) is 21.3. The van der Waals surface area contributed by atoms with Crippen molar-refractivity contribution in [3.8, 4) is 11.1 Å². The monoisotopic (exact) mass is 698 g/mol. The number of esters is 4. The number of nitrogens with one attached hydrogen (secondary N) is 2. The smallest absolute Gasteiger partial charge is 0.407 e. The summed E-state index contributed by atoms with van der Waals surface area (Å²) < 4.78 is 32.2. The SMILES string of the molecule is CC(=O)OC[C@H]1O[C@@H](NC(=O)CC[C@H](NC(=O)OCC2c3ccccc3-c3ccccc32)C(=O)O)[C@@H](OC(C)=O)[C@@H](OC(C)=O)[C@@H]1OC(C)=O. The highest BCUT2D eigenvalue weighted by Gasteiger charge is 2.52. The van der Waals surface area contributed by atoms with Gasteiger partial charge in [0.05, 0.1) is 0 Å². The van der Waals surface area contributed by atoms with Crippen LogP contribution < -0.4 is 10.6 Å². The average molecular weight is 699 g/mol. The summed E-state index contributed by atoms with van der Waals surface area (Å²) >= 11 is 0. The number of amides is 2. The van der Waals surface area contributed by atoms with Gasteiger partial charge in [0, 0.05) is 40.0 Å². The van der Waals surface area contributed by atoms with Crippen LogP contribution in [0.15, 0.2) is 48.5 Å². The molecule has 2 aromatic rings. The first-order valence-corrected chi connectivity index (χ1v) is 15.7. The molecule has 0 unspecified atom stereocenters. The minimum atomic E-state index is -1.55. The summed E-state index contributed by atoms with van der Waals surface area (Å²) in [5, 5.41) is 14.5. The van der Waals surface area contributed by atoms with Gasteiger partial charge in [0.25, 0.3) is 0 Å². The number of carbonyl (C=O) groups excluding carboxylic acids is 6. The van der Waals surface area contributed by atoms with E-state index < -0.39 is 98.0 Å². The third-order valence-electron chi connectivity index (χ3n) is 7.89. The Morgan fingerprint density at radius 3 is 1.80 bits per heavy atom. The fourth-order valence-corrected chi connectivity index (χ4v) is 5.89. The summed E-state index contributed by atoms with van der Waals surface area (Å²) in [4.78, 5) is 85.4. The van der Waals surface area contributed by atoms with Gasteiger partial charge in [0.1, 0.15) is 25.4 Å². The molecule has 268 valence electrons. The van der Waals surface area contributed by atoms with E-state index >= 15 is 0 Å². The first-order chi connectivity index (χ1) is 23.7. The molecule has 4 rings (SSSR count). The number of carboxylic acid groups (broad SMARTS) is 1. The maximum Gasteiger partial charge on any atom is 0.407 e. The maximum absolute atomic E-state index is 13.1. The lowest BCUT2D eigenvalue weighted by atomic mass is 9.97. The van der Waals surface area contributed by atoms with Gasteiger partial charge in [-0.15, -0.1) is 0 Å². The molecule has 50 heavy (non-hydrogen) atoms. The van der Waals surface area contributed by atoms with Gasteiger partial charge < -0.3 is 44.2 Å². The van der Waals surface area contributed by atoms with Crippen molar-refractivity contribution < 1.29 is 67.1 Å². The zero-order valence-corrected chi connectivity index (χ0v) is 27.7. The van der Waals surface area contributed by atoms with Crippen LogP contribution in [0, 0.1) is 0 Å². The quantitative estimate of drug-likeness (QED) is 0.201. The number of fused-ring (bicyclic) bond motifs is 3. The number of rotatable bonds is 13. The van der Waals surface area contributed by atoms with Crippen LogP contribution in [0.25, 0.3) is 11.1 Å². The summed E-state index contributed by atoms with van der Waals surface area (Å²) in [6.07, 6.45) is -9.20. The minimum absolute atomic E-state index is 0.0599. The van der Waals surface area contributed by atoms with Crippen molar-refractivity contribution in [1.29, 1.82) is 0 Å². The van der Waals surface area contributed by atoms with Gasteiger partial charge in [0.2, 0.25) is 5.91 Å². The van der Waals surface area contributed by atoms with Crippen LogP contribution >= 0.6 is 0 Å². The molecule has 0 saturated carbocycles. The number of ether oxygens (including phenoxy) is 6. The van der Waals surface area contributed by atoms with E-state index in [1.165, 1.54) is 0 Å². The molecule has 0 aromatic heterocycles. The fraction of sp³-hybridized carbons (Fsp3) is 0.441. The summed E-state index contributed by atoms with van der Waals surface area (Å²) in [5.41, 5.74) is 3.97. The van der Waals surface area contributed by atoms with Crippen molar-refractivity contribution in [2.24, 2.45) is 0 Å². The lowest BCUT2D eigenvalue weighted by Gasteiger charge is -2.44. The van der Waals surface area contributed by atoms with Crippen molar-refractivity contribution in [2.45, 2.75) is 83.1 Å². The molecular weight excluding hydrogens is 660 g/mol. The fourth-order valence-electron chi connectivity index (χ4n) is 5.89. The lowest BCUT2D eigenvalue weighted by Crippen LogP contribution is -2.66. The largest absolute Gasteiger partial charge is 0.480 e. The van der Waals surface area contributed by atoms with Crippen LogP contribution in [-0.2, 0) is 57.2 Å². The highest BCUT2D eigenvalue weighted by Crippen LogP contribution is 2.44. The molecular formula is C34H38N2O14. The van der Waals surface area contributed by atoms with Crippen LogP contribution in [0.1, 0.15) is 57.6 Å². The Labute approximate surface area is 286 Å². The topological polar surface area (TPSA) is 219 Å². The molecule has 0 bridgehead atoms. The molecule has 16 nitrogen and oxygen atoms in total. The molecule has 6 atom stereocenters. The van der Waals surface area contributed by atoms with E-state index in [0.29, 0.717) is 0 Å². The second-order valence-corrected chi connectivity index (χ2v) is 11.6. The summed E-state index contributed by atoms with van der Waals surface area (Å²) in [6.45, 7) is 3.71. The second kappa shape index (κ2) is 16.7. The van der Waals surface area contributed by atoms with Crippen LogP contribution in [0.5, 0.6) is 0 Å². The van der Waals surface area contributed by atoms with Crippen molar-refractivity contribution in [1.82, 2.24) is 10.6 Å². The van der Waals surface area contributed by atoms with Gasteiger partial charge in [-0.25, -0.2) is 9.59 Å². The maximum atomic E-state index is 13.1. The number of alkyl carbamates (subject to hydrolysis) is 1. The Hall–Kier alpha value is -5.51. The summed E-state index contributed by atoms with van der Waals surface area (Å²) in [7, 11) is 0. The van der Waals surface area contributed by atoms with E-state index in [9.17, 15) is 38.7 Å². The third kappa shape index (κ3) is 9.56. The Balaban J connectivity index is 1.41. The van der Waals surface area contributed by atoms with E-state index in [1.54, 1.807) is 0 Å². The van der Waals surface area contributed by atoms with Crippen molar-refractivity contribution >= 4 is 41.8 Å². The Kier molecular flexibility index (Phi) is 12.5. The van der Waals surface area contributed by atoms with Gasteiger partial charge in [-0.3, -0.25) is 24.0 Å². The molecule has 16 heteroatoms. The Morgan fingerprint density at radius 2 is 1.26 bits per heavy atom. The van der Waals surface area contributed by atoms with Crippen molar-refractivity contribution in [3.05, 3.63) is 59.7 Å². The number of hydrogen-bond donors (Lipinski definition) is 3. The zero-order valence-electron chi connectivity index (χ0n) is 27.7. The molecule has 1 saturated heterocycles. The van der Waals surface area contributed by atoms with E-state index in [4.69, 9.17) is 28.4 Å². The third-order valence-corrected chi connectivity index (χ3v) is 7.89. The molecule has 3 N–H and O–H groups in total. The van der Waals surface area contributed by atoms with Crippen molar-refractivity contribution in [2.75, 3.05) is 13.2 Å². The highest BCUT2D eigenvalue weighted by molar-refractivity contribution is 5.82. The molecule has 0 radical (unpaired) electrons. The van der Waals surface area contributed by atoms with Gasteiger partial charge in [-0.1, -0.05) is 48.5 Å². The van der Waals surface area contributed by atoms with E-state index in [2.05, 4.69) is 10.6 Å². The Bertz CT molecular complexity index is 1580. The predicted octanol–water partition coefficient (Wildman–Crippen LogP) is 1.96. The molecule has 1 fully saturated rings. The number of benzene rings is 2. The zero-order chi connectivity index (χ0) is 36.5. The van der Waals surface area contributed by atoms with Gasteiger partial charge in [0.15, 0.2) is 24.5 Å². The number of hydrogen-bond acceptors (Lipinski definition) is 13.